The number of carbonyl (C=O) groups is 2. The maximum absolute atomic E-state index is 10.8. The molecule has 1 heterocycles. The van der Waals surface area contributed by atoms with E-state index >= 15 is 0 Å². The third-order valence-corrected chi connectivity index (χ3v) is 2.35. The Kier molecular flexibility index (Phi) is 2.60. The lowest BCUT2D eigenvalue weighted by Gasteiger charge is -1.93. The molecule has 0 fully saturated rings. The molecule has 0 unspecified atom stereocenters. The minimum atomic E-state index is -0.119. The van der Waals surface area contributed by atoms with E-state index in [1.165, 1.54) is 25.2 Å². The Balaban J connectivity index is 2.77. The van der Waals surface area contributed by atoms with Gasteiger partial charge in [0.25, 0.3) is 0 Å². The molecule has 1 aromatic heterocycles. The van der Waals surface area contributed by atoms with Crippen LogP contribution in [0.25, 0.3) is 0 Å². The highest BCUT2D eigenvalue weighted by Gasteiger charge is 2.04. The smallest absolute Gasteiger partial charge is 0.221 e. The first-order chi connectivity index (χ1) is 5.59. The third-order valence-electron chi connectivity index (χ3n) is 1.25. The molecule has 1 rings (SSSR count). The number of Topliss-reactive ketones (excluding diaryl/α,β-unsaturated/α-hetero) is 1. The second-order valence-corrected chi connectivity index (χ2v) is 3.49. The fraction of sp³-hybridized carbons (Fsp3) is 0.250. The summed E-state index contributed by atoms with van der Waals surface area (Å²) in [6.07, 6.45) is 0. The number of hydrogen-bond acceptors (Lipinski definition) is 3. The van der Waals surface area contributed by atoms with Crippen molar-refractivity contribution in [1.82, 2.24) is 0 Å². The number of hydrogen-bond donors (Lipinski definition) is 1. The van der Waals surface area contributed by atoms with E-state index in [2.05, 4.69) is 5.32 Å². The van der Waals surface area contributed by atoms with Gasteiger partial charge in [-0.05, 0) is 19.1 Å². The molecular weight excluding hydrogens is 174 g/mol. The van der Waals surface area contributed by atoms with Crippen molar-refractivity contribution in [2.24, 2.45) is 0 Å². The predicted molar refractivity (Wildman–Crippen MR) is 48.6 cm³/mol. The summed E-state index contributed by atoms with van der Waals surface area (Å²) in [5.41, 5.74) is 0. The average Bonchev–Trinajstić information content (AvgIpc) is 2.34. The molecule has 0 aliphatic heterocycles. The number of rotatable bonds is 2. The first-order valence-corrected chi connectivity index (χ1v) is 4.29. The quantitative estimate of drug-likeness (QED) is 0.712. The van der Waals surface area contributed by atoms with E-state index in [-0.39, 0.29) is 11.7 Å². The van der Waals surface area contributed by atoms with Gasteiger partial charge in [0, 0.05) is 6.92 Å². The molecule has 3 nitrogen and oxygen atoms in total. The van der Waals surface area contributed by atoms with Crippen LogP contribution in [0, 0.1) is 0 Å². The zero-order chi connectivity index (χ0) is 9.14. The van der Waals surface area contributed by atoms with Gasteiger partial charge in [0.2, 0.25) is 5.91 Å². The molecule has 0 saturated heterocycles. The highest BCUT2D eigenvalue weighted by Crippen LogP contribution is 2.21. The van der Waals surface area contributed by atoms with E-state index in [4.69, 9.17) is 0 Å². The predicted octanol–water partition coefficient (Wildman–Crippen LogP) is 1.91. The van der Waals surface area contributed by atoms with Crippen molar-refractivity contribution in [3.63, 3.8) is 0 Å². The van der Waals surface area contributed by atoms with Crippen molar-refractivity contribution in [1.29, 1.82) is 0 Å². The number of anilines is 1. The molecule has 0 bridgehead atoms. The normalized spacial score (nSPS) is 9.50. The van der Waals surface area contributed by atoms with E-state index in [1.807, 2.05) is 0 Å². The molecule has 0 aromatic carbocycles. The zero-order valence-electron chi connectivity index (χ0n) is 6.88. The van der Waals surface area contributed by atoms with Crippen LogP contribution in [0.3, 0.4) is 0 Å². The summed E-state index contributed by atoms with van der Waals surface area (Å²) in [4.78, 5) is 22.1. The van der Waals surface area contributed by atoms with E-state index in [0.717, 1.165) is 0 Å². The third kappa shape index (κ3) is 2.17. The van der Waals surface area contributed by atoms with Gasteiger partial charge in [0.15, 0.2) is 5.78 Å². The lowest BCUT2D eigenvalue weighted by molar-refractivity contribution is -0.114. The van der Waals surface area contributed by atoms with Crippen molar-refractivity contribution in [3.05, 3.63) is 17.0 Å². The fourth-order valence-electron chi connectivity index (χ4n) is 0.768. The van der Waals surface area contributed by atoms with E-state index < -0.39 is 0 Å². The summed E-state index contributed by atoms with van der Waals surface area (Å²) >= 11 is 1.29. The van der Waals surface area contributed by atoms with Crippen LogP contribution in [0.5, 0.6) is 0 Å². The molecule has 0 radical (unpaired) electrons. The summed E-state index contributed by atoms with van der Waals surface area (Å²) in [5.74, 6) is -0.0939. The summed E-state index contributed by atoms with van der Waals surface area (Å²) in [7, 11) is 0. The van der Waals surface area contributed by atoms with Crippen molar-refractivity contribution >= 4 is 28.0 Å². The molecule has 1 aromatic rings. The summed E-state index contributed by atoms with van der Waals surface area (Å²) in [5, 5.41) is 3.32. The number of ketones is 1. The molecule has 4 heteroatoms. The first-order valence-electron chi connectivity index (χ1n) is 3.48. The van der Waals surface area contributed by atoms with Crippen molar-refractivity contribution in [2.45, 2.75) is 13.8 Å². The van der Waals surface area contributed by atoms with Crippen LogP contribution in [0.4, 0.5) is 5.00 Å². The molecule has 1 N–H and O–H groups in total. The Bertz CT molecular complexity index is 317. The largest absolute Gasteiger partial charge is 0.318 e. The first kappa shape index (κ1) is 8.93. The molecule has 64 valence electrons. The average molecular weight is 183 g/mol. The highest BCUT2D eigenvalue weighted by molar-refractivity contribution is 7.18. The number of thiophene rings is 1. The molecule has 0 atom stereocenters. The van der Waals surface area contributed by atoms with Gasteiger partial charge in [-0.2, -0.15) is 0 Å². The topological polar surface area (TPSA) is 46.2 Å². The van der Waals surface area contributed by atoms with Gasteiger partial charge in [-0.1, -0.05) is 0 Å². The molecule has 0 spiro atoms. The van der Waals surface area contributed by atoms with Crippen molar-refractivity contribution in [2.75, 3.05) is 5.32 Å². The standard InChI is InChI=1S/C8H9NO2S/c1-5(10)7-3-4-8(12-7)9-6(2)11/h3-4H,1-2H3,(H,9,11). The van der Waals surface area contributed by atoms with Crippen LogP contribution >= 0.6 is 11.3 Å². The minimum absolute atomic E-state index is 0.0246. The molecule has 12 heavy (non-hydrogen) atoms. The fourth-order valence-corrected chi connectivity index (χ4v) is 1.62. The van der Waals surface area contributed by atoms with Gasteiger partial charge >= 0.3 is 0 Å². The molecule has 1 amide bonds. The van der Waals surface area contributed by atoms with Gasteiger partial charge < -0.3 is 5.32 Å². The Morgan fingerprint density at radius 1 is 1.33 bits per heavy atom. The van der Waals surface area contributed by atoms with Crippen LogP contribution in [-0.4, -0.2) is 11.7 Å². The second kappa shape index (κ2) is 3.49. The maximum atomic E-state index is 10.8. The van der Waals surface area contributed by atoms with Gasteiger partial charge in [-0.3, -0.25) is 9.59 Å². The zero-order valence-corrected chi connectivity index (χ0v) is 7.70. The Morgan fingerprint density at radius 3 is 2.42 bits per heavy atom. The van der Waals surface area contributed by atoms with Crippen molar-refractivity contribution < 1.29 is 9.59 Å². The van der Waals surface area contributed by atoms with Gasteiger partial charge in [-0.25, -0.2) is 0 Å². The van der Waals surface area contributed by atoms with Crippen LogP contribution in [0.1, 0.15) is 23.5 Å². The number of nitrogens with one attached hydrogen (secondary N) is 1. The van der Waals surface area contributed by atoms with E-state index in [0.29, 0.717) is 9.88 Å². The highest BCUT2D eigenvalue weighted by atomic mass is 32.1. The minimum Gasteiger partial charge on any atom is -0.318 e. The van der Waals surface area contributed by atoms with Crippen LogP contribution in [0.15, 0.2) is 12.1 Å². The lowest BCUT2D eigenvalue weighted by Crippen LogP contribution is -2.03. The van der Waals surface area contributed by atoms with E-state index in [1.54, 1.807) is 12.1 Å². The Labute approximate surface area is 74.4 Å². The molecule has 0 saturated carbocycles. The van der Waals surface area contributed by atoms with E-state index in [9.17, 15) is 9.59 Å². The van der Waals surface area contributed by atoms with Crippen LogP contribution in [0.2, 0.25) is 0 Å². The number of amides is 1. The van der Waals surface area contributed by atoms with Crippen molar-refractivity contribution in [3.8, 4) is 0 Å². The second-order valence-electron chi connectivity index (χ2n) is 2.40. The Hall–Kier alpha value is -1.16. The van der Waals surface area contributed by atoms with Crippen LogP contribution < -0.4 is 5.32 Å². The summed E-state index contributed by atoms with van der Waals surface area (Å²) < 4.78 is 0. The maximum Gasteiger partial charge on any atom is 0.221 e. The molecule has 0 aliphatic rings. The summed E-state index contributed by atoms with van der Waals surface area (Å²) in [6, 6.07) is 3.43. The van der Waals surface area contributed by atoms with Gasteiger partial charge in [-0.15, -0.1) is 11.3 Å². The molecular formula is C8H9NO2S. The SMILES string of the molecule is CC(=O)Nc1ccc(C(C)=O)s1. The van der Waals surface area contributed by atoms with Gasteiger partial charge in [0.1, 0.15) is 0 Å². The number of carbonyl (C=O) groups excluding carboxylic acids is 2. The Morgan fingerprint density at radius 2 is 2.00 bits per heavy atom. The molecule has 0 aliphatic carbocycles. The van der Waals surface area contributed by atoms with Gasteiger partial charge in [0.05, 0.1) is 9.88 Å². The van der Waals surface area contributed by atoms with Crippen LogP contribution in [-0.2, 0) is 4.79 Å². The summed E-state index contributed by atoms with van der Waals surface area (Å²) in [6.45, 7) is 2.94. The monoisotopic (exact) mass is 183 g/mol. The lowest BCUT2D eigenvalue weighted by atomic mass is 10.4.